The van der Waals surface area contributed by atoms with E-state index in [1.165, 1.54) is 5.56 Å². The third-order valence-electron chi connectivity index (χ3n) is 4.85. The van der Waals surface area contributed by atoms with Crippen LogP contribution < -0.4 is 15.5 Å². The monoisotopic (exact) mass is 396 g/mol. The Balaban J connectivity index is 1.79. The molecular formula is C23H32N4O2. The van der Waals surface area contributed by atoms with E-state index in [-0.39, 0.29) is 6.04 Å². The maximum atomic E-state index is 12.2. The first-order valence-electron chi connectivity index (χ1n) is 9.92. The number of carbonyl (C=O) groups excluding carboxylic acids is 2. The molecule has 2 rings (SSSR count). The number of likely N-dealkylation sites (N-methyl/N-ethyl adjacent to an activating group) is 1. The largest absolute Gasteiger partial charge is 0.378 e. The van der Waals surface area contributed by atoms with E-state index in [1.807, 2.05) is 68.3 Å². The highest BCUT2D eigenvalue weighted by atomic mass is 16.2. The molecule has 0 radical (unpaired) electrons. The maximum Gasteiger partial charge on any atom is 0.309 e. The molecular weight excluding hydrogens is 364 g/mol. The molecule has 2 aromatic rings. The molecule has 0 saturated carbocycles. The lowest BCUT2D eigenvalue weighted by Gasteiger charge is -2.25. The molecule has 0 fully saturated rings. The van der Waals surface area contributed by atoms with Gasteiger partial charge in [-0.3, -0.25) is 9.59 Å². The van der Waals surface area contributed by atoms with Crippen molar-refractivity contribution in [2.45, 2.75) is 18.9 Å². The van der Waals surface area contributed by atoms with Gasteiger partial charge in [-0.15, -0.1) is 0 Å². The summed E-state index contributed by atoms with van der Waals surface area (Å²) in [4.78, 5) is 28.3. The number of nitrogens with zero attached hydrogens (tertiary/aromatic N) is 2. The van der Waals surface area contributed by atoms with Crippen molar-refractivity contribution in [1.29, 1.82) is 0 Å². The molecule has 2 amide bonds. The number of carbonyl (C=O) groups is 2. The van der Waals surface area contributed by atoms with Crippen LogP contribution in [0.2, 0.25) is 0 Å². The van der Waals surface area contributed by atoms with Gasteiger partial charge in [0.15, 0.2) is 0 Å². The number of anilines is 1. The Morgan fingerprint density at radius 3 is 2.07 bits per heavy atom. The van der Waals surface area contributed by atoms with Gasteiger partial charge in [-0.05, 0) is 50.2 Å². The number of benzene rings is 2. The zero-order valence-corrected chi connectivity index (χ0v) is 17.8. The Morgan fingerprint density at radius 1 is 0.862 bits per heavy atom. The fraction of sp³-hybridized carbons (Fsp3) is 0.391. The van der Waals surface area contributed by atoms with Crippen molar-refractivity contribution in [1.82, 2.24) is 15.5 Å². The van der Waals surface area contributed by atoms with E-state index in [9.17, 15) is 9.59 Å². The van der Waals surface area contributed by atoms with Crippen LogP contribution in [0.25, 0.3) is 0 Å². The molecule has 0 saturated heterocycles. The minimum atomic E-state index is -0.596. The molecule has 0 aliphatic carbocycles. The number of hydrogen-bond acceptors (Lipinski definition) is 4. The Kier molecular flexibility index (Phi) is 8.68. The fourth-order valence-corrected chi connectivity index (χ4v) is 3.08. The highest BCUT2D eigenvalue weighted by Crippen LogP contribution is 2.20. The second kappa shape index (κ2) is 11.2. The van der Waals surface area contributed by atoms with Gasteiger partial charge in [0.05, 0.1) is 6.04 Å². The predicted octanol–water partition coefficient (Wildman–Crippen LogP) is 2.22. The van der Waals surface area contributed by atoms with Crippen LogP contribution in [0, 0.1) is 0 Å². The fourth-order valence-electron chi connectivity index (χ4n) is 3.08. The molecule has 0 unspecified atom stereocenters. The molecule has 0 aromatic heterocycles. The molecule has 2 aromatic carbocycles. The molecule has 1 atom stereocenters. The molecule has 0 bridgehead atoms. The van der Waals surface area contributed by atoms with Crippen molar-refractivity contribution >= 4 is 17.5 Å². The standard InChI is InChI=1S/C23H32N4O2/c1-26(2)20-14-12-19(13-15-20)21(27(3)4)17-25-23(29)22(28)24-16-8-11-18-9-6-5-7-10-18/h5-7,9-10,12-15,21H,8,11,16-17H2,1-4H3,(H,24,28)(H,25,29)/t21-/m0/s1. The molecule has 6 heteroatoms. The van der Waals surface area contributed by atoms with Crippen LogP contribution in [0.15, 0.2) is 54.6 Å². The first-order chi connectivity index (χ1) is 13.9. The summed E-state index contributed by atoms with van der Waals surface area (Å²) in [5, 5.41) is 5.45. The van der Waals surface area contributed by atoms with E-state index in [4.69, 9.17) is 0 Å². The number of nitrogens with one attached hydrogen (secondary N) is 2. The maximum absolute atomic E-state index is 12.2. The van der Waals surface area contributed by atoms with Gasteiger partial charge >= 0.3 is 11.8 Å². The summed E-state index contributed by atoms with van der Waals surface area (Å²) in [5.41, 5.74) is 3.43. The highest BCUT2D eigenvalue weighted by molar-refractivity contribution is 6.35. The van der Waals surface area contributed by atoms with E-state index < -0.39 is 11.8 Å². The van der Waals surface area contributed by atoms with Crippen molar-refractivity contribution in [3.05, 3.63) is 65.7 Å². The van der Waals surface area contributed by atoms with Crippen LogP contribution in [0.3, 0.4) is 0 Å². The molecule has 0 aliphatic rings. The highest BCUT2D eigenvalue weighted by Gasteiger charge is 2.18. The van der Waals surface area contributed by atoms with Crippen molar-refractivity contribution < 1.29 is 9.59 Å². The van der Waals surface area contributed by atoms with Crippen LogP contribution in [0.1, 0.15) is 23.6 Å². The number of amides is 2. The summed E-state index contributed by atoms with van der Waals surface area (Å²) in [6.45, 7) is 0.842. The molecule has 6 nitrogen and oxygen atoms in total. The van der Waals surface area contributed by atoms with Crippen LogP contribution in [-0.2, 0) is 16.0 Å². The summed E-state index contributed by atoms with van der Waals surface area (Å²) < 4.78 is 0. The van der Waals surface area contributed by atoms with Gasteiger partial charge < -0.3 is 20.4 Å². The van der Waals surface area contributed by atoms with Gasteiger partial charge in [0.25, 0.3) is 0 Å². The number of hydrogen-bond donors (Lipinski definition) is 2. The SMILES string of the molecule is CN(C)c1ccc([C@H](CNC(=O)C(=O)NCCCc2ccccc2)N(C)C)cc1. The minimum Gasteiger partial charge on any atom is -0.378 e. The van der Waals surface area contributed by atoms with E-state index in [0.29, 0.717) is 13.1 Å². The van der Waals surface area contributed by atoms with Crippen molar-refractivity contribution in [3.8, 4) is 0 Å². The van der Waals surface area contributed by atoms with E-state index in [0.717, 1.165) is 24.1 Å². The summed E-state index contributed by atoms with van der Waals surface area (Å²) in [6, 6.07) is 18.3. The van der Waals surface area contributed by atoms with Gasteiger partial charge in [0.2, 0.25) is 0 Å². The van der Waals surface area contributed by atoms with Crippen molar-refractivity contribution in [2.24, 2.45) is 0 Å². The molecule has 0 heterocycles. The Bertz CT molecular complexity index is 773. The first kappa shape index (κ1) is 22.4. The second-order valence-electron chi connectivity index (χ2n) is 7.52. The molecule has 0 spiro atoms. The van der Waals surface area contributed by atoms with Crippen LogP contribution in [0.4, 0.5) is 5.69 Å². The molecule has 2 N–H and O–H groups in total. The average Bonchev–Trinajstić information content (AvgIpc) is 2.72. The topological polar surface area (TPSA) is 64.7 Å². The Labute approximate surface area is 173 Å². The summed E-state index contributed by atoms with van der Waals surface area (Å²) >= 11 is 0. The smallest absolute Gasteiger partial charge is 0.309 e. The van der Waals surface area contributed by atoms with Gasteiger partial charge in [-0.2, -0.15) is 0 Å². The summed E-state index contributed by atoms with van der Waals surface area (Å²) in [7, 11) is 7.91. The Morgan fingerprint density at radius 2 is 1.48 bits per heavy atom. The molecule has 0 aliphatic heterocycles. The lowest BCUT2D eigenvalue weighted by atomic mass is 10.1. The summed E-state index contributed by atoms with van der Waals surface area (Å²) in [6.07, 6.45) is 1.66. The second-order valence-corrected chi connectivity index (χ2v) is 7.52. The average molecular weight is 397 g/mol. The third-order valence-corrected chi connectivity index (χ3v) is 4.85. The lowest BCUT2D eigenvalue weighted by Crippen LogP contribution is -2.43. The molecule has 29 heavy (non-hydrogen) atoms. The van der Waals surface area contributed by atoms with Crippen LogP contribution >= 0.6 is 0 Å². The normalized spacial score (nSPS) is 11.8. The number of rotatable bonds is 9. The van der Waals surface area contributed by atoms with Gasteiger partial charge in [0.1, 0.15) is 0 Å². The van der Waals surface area contributed by atoms with E-state index in [2.05, 4.69) is 34.9 Å². The van der Waals surface area contributed by atoms with Crippen molar-refractivity contribution in [2.75, 3.05) is 46.2 Å². The lowest BCUT2D eigenvalue weighted by molar-refractivity contribution is -0.139. The predicted molar refractivity (Wildman–Crippen MR) is 118 cm³/mol. The quantitative estimate of drug-likeness (QED) is 0.504. The third kappa shape index (κ3) is 7.23. The van der Waals surface area contributed by atoms with Crippen LogP contribution in [-0.4, -0.2) is 58.0 Å². The zero-order chi connectivity index (χ0) is 21.2. The molecule has 156 valence electrons. The zero-order valence-electron chi connectivity index (χ0n) is 17.8. The van der Waals surface area contributed by atoms with Crippen LogP contribution in [0.5, 0.6) is 0 Å². The minimum absolute atomic E-state index is 0.0129. The van der Waals surface area contributed by atoms with Gasteiger partial charge in [-0.25, -0.2) is 0 Å². The van der Waals surface area contributed by atoms with E-state index in [1.54, 1.807) is 0 Å². The van der Waals surface area contributed by atoms with Gasteiger partial charge in [-0.1, -0.05) is 42.5 Å². The first-order valence-corrected chi connectivity index (χ1v) is 9.92. The van der Waals surface area contributed by atoms with Gasteiger partial charge in [0, 0.05) is 32.9 Å². The Hall–Kier alpha value is -2.86. The van der Waals surface area contributed by atoms with Crippen molar-refractivity contribution in [3.63, 3.8) is 0 Å². The van der Waals surface area contributed by atoms with E-state index >= 15 is 0 Å². The summed E-state index contributed by atoms with van der Waals surface area (Å²) in [5.74, 6) is -1.18. The number of aryl methyl sites for hydroxylation is 1.